The van der Waals surface area contributed by atoms with Crippen molar-refractivity contribution in [3.8, 4) is 0 Å². The standard InChI is InChI=1S/C10H9F4N/c11-5-8(6-15)7-1-3-9(4-2-7)10(12,13)14/h1-5H,6,15H2. The van der Waals surface area contributed by atoms with Gasteiger partial charge in [0, 0.05) is 12.1 Å². The molecule has 0 aliphatic rings. The van der Waals surface area contributed by atoms with Crippen LogP contribution >= 0.6 is 0 Å². The first-order chi connectivity index (χ1) is 6.99. The Morgan fingerprint density at radius 2 is 1.73 bits per heavy atom. The molecule has 0 saturated heterocycles. The molecule has 0 atom stereocenters. The second-order valence-corrected chi connectivity index (χ2v) is 2.91. The molecule has 0 spiro atoms. The quantitative estimate of drug-likeness (QED) is 0.760. The average molecular weight is 219 g/mol. The summed E-state index contributed by atoms with van der Waals surface area (Å²) >= 11 is 0. The minimum absolute atomic E-state index is 0.0537. The van der Waals surface area contributed by atoms with Crippen molar-refractivity contribution in [2.24, 2.45) is 5.73 Å². The van der Waals surface area contributed by atoms with Crippen molar-refractivity contribution in [1.82, 2.24) is 0 Å². The predicted octanol–water partition coefficient (Wildman–Crippen LogP) is 2.97. The van der Waals surface area contributed by atoms with Gasteiger partial charge in [-0.2, -0.15) is 13.2 Å². The maximum atomic E-state index is 12.2. The van der Waals surface area contributed by atoms with E-state index in [4.69, 9.17) is 5.73 Å². The molecule has 0 unspecified atom stereocenters. The second kappa shape index (κ2) is 4.44. The van der Waals surface area contributed by atoms with Crippen LogP contribution in [0.2, 0.25) is 0 Å². The van der Waals surface area contributed by atoms with Gasteiger partial charge in [0.2, 0.25) is 0 Å². The SMILES string of the molecule is NCC(=CF)c1ccc(C(F)(F)F)cc1. The van der Waals surface area contributed by atoms with Crippen molar-refractivity contribution in [2.75, 3.05) is 6.54 Å². The van der Waals surface area contributed by atoms with Crippen molar-refractivity contribution in [3.63, 3.8) is 0 Å². The van der Waals surface area contributed by atoms with Crippen LogP contribution in [0.4, 0.5) is 17.6 Å². The van der Waals surface area contributed by atoms with Crippen molar-refractivity contribution in [3.05, 3.63) is 41.7 Å². The lowest BCUT2D eigenvalue weighted by Crippen LogP contribution is -2.06. The summed E-state index contributed by atoms with van der Waals surface area (Å²) in [4.78, 5) is 0. The fraction of sp³-hybridized carbons (Fsp3) is 0.200. The molecule has 15 heavy (non-hydrogen) atoms. The Labute approximate surface area is 84.2 Å². The van der Waals surface area contributed by atoms with E-state index in [9.17, 15) is 17.6 Å². The molecule has 1 aromatic rings. The van der Waals surface area contributed by atoms with Gasteiger partial charge in [0.1, 0.15) is 0 Å². The third-order valence-corrected chi connectivity index (χ3v) is 1.93. The number of alkyl halides is 3. The number of benzene rings is 1. The van der Waals surface area contributed by atoms with Crippen LogP contribution in [0.25, 0.3) is 5.57 Å². The van der Waals surface area contributed by atoms with E-state index in [0.717, 1.165) is 12.1 Å². The van der Waals surface area contributed by atoms with Crippen LogP contribution in [0.5, 0.6) is 0 Å². The summed E-state index contributed by atoms with van der Waals surface area (Å²) in [5, 5.41) is 0. The number of nitrogens with two attached hydrogens (primary N) is 1. The Morgan fingerprint density at radius 1 is 1.20 bits per heavy atom. The fourth-order valence-electron chi connectivity index (χ4n) is 1.10. The number of hydrogen-bond acceptors (Lipinski definition) is 1. The molecule has 0 heterocycles. The zero-order valence-corrected chi connectivity index (χ0v) is 7.68. The van der Waals surface area contributed by atoms with E-state index in [-0.39, 0.29) is 12.1 Å². The first-order valence-electron chi connectivity index (χ1n) is 4.16. The van der Waals surface area contributed by atoms with Crippen LogP contribution in [0, 0.1) is 0 Å². The van der Waals surface area contributed by atoms with Gasteiger partial charge in [-0.25, -0.2) is 4.39 Å². The Balaban J connectivity index is 3.00. The first-order valence-corrected chi connectivity index (χ1v) is 4.16. The van der Waals surface area contributed by atoms with Gasteiger partial charge >= 0.3 is 6.18 Å². The van der Waals surface area contributed by atoms with E-state index in [0.29, 0.717) is 11.9 Å². The summed E-state index contributed by atoms with van der Waals surface area (Å²) in [6.45, 7) is -0.0537. The van der Waals surface area contributed by atoms with E-state index in [1.54, 1.807) is 0 Å². The molecule has 0 fully saturated rings. The summed E-state index contributed by atoms with van der Waals surface area (Å²) in [5.41, 5.74) is 4.97. The van der Waals surface area contributed by atoms with Crippen molar-refractivity contribution in [1.29, 1.82) is 0 Å². The molecule has 2 N–H and O–H groups in total. The molecule has 0 aliphatic heterocycles. The lowest BCUT2D eigenvalue weighted by molar-refractivity contribution is -0.137. The summed E-state index contributed by atoms with van der Waals surface area (Å²) in [7, 11) is 0. The zero-order valence-electron chi connectivity index (χ0n) is 7.68. The maximum absolute atomic E-state index is 12.2. The smallest absolute Gasteiger partial charge is 0.326 e. The zero-order chi connectivity index (χ0) is 11.5. The Hall–Kier alpha value is -1.36. The van der Waals surface area contributed by atoms with Crippen molar-refractivity contribution in [2.45, 2.75) is 6.18 Å². The molecule has 0 aliphatic carbocycles. The maximum Gasteiger partial charge on any atom is 0.416 e. The Kier molecular flexibility index (Phi) is 3.47. The number of hydrogen-bond donors (Lipinski definition) is 1. The number of rotatable bonds is 2. The number of halogens is 4. The van der Waals surface area contributed by atoms with Gasteiger partial charge in [-0.05, 0) is 17.7 Å². The third-order valence-electron chi connectivity index (χ3n) is 1.93. The minimum Gasteiger partial charge on any atom is -0.326 e. The molecule has 0 saturated carbocycles. The Bertz CT molecular complexity index is 351. The molecule has 1 rings (SSSR count). The normalized spacial score (nSPS) is 13.0. The van der Waals surface area contributed by atoms with Crippen LogP contribution in [0.3, 0.4) is 0 Å². The largest absolute Gasteiger partial charge is 0.416 e. The topological polar surface area (TPSA) is 26.0 Å². The van der Waals surface area contributed by atoms with E-state index < -0.39 is 11.7 Å². The van der Waals surface area contributed by atoms with Crippen molar-refractivity contribution < 1.29 is 17.6 Å². The van der Waals surface area contributed by atoms with Gasteiger partial charge in [0.05, 0.1) is 11.9 Å². The van der Waals surface area contributed by atoms with Gasteiger partial charge in [-0.15, -0.1) is 0 Å². The molecule has 0 aromatic heterocycles. The highest BCUT2D eigenvalue weighted by molar-refractivity contribution is 5.65. The summed E-state index contributed by atoms with van der Waals surface area (Å²) < 4.78 is 48.7. The molecular weight excluding hydrogens is 210 g/mol. The van der Waals surface area contributed by atoms with Gasteiger partial charge in [0.25, 0.3) is 0 Å². The van der Waals surface area contributed by atoms with E-state index in [2.05, 4.69) is 0 Å². The van der Waals surface area contributed by atoms with Crippen LogP contribution < -0.4 is 5.73 Å². The van der Waals surface area contributed by atoms with E-state index in [1.165, 1.54) is 12.1 Å². The summed E-state index contributed by atoms with van der Waals surface area (Å²) in [6, 6.07) is 4.19. The highest BCUT2D eigenvalue weighted by Crippen LogP contribution is 2.29. The van der Waals surface area contributed by atoms with Gasteiger partial charge in [-0.1, -0.05) is 12.1 Å². The molecule has 82 valence electrons. The molecule has 1 nitrogen and oxygen atoms in total. The third kappa shape index (κ3) is 2.79. The van der Waals surface area contributed by atoms with Crippen LogP contribution in [0.15, 0.2) is 30.6 Å². The molecule has 0 amide bonds. The fourth-order valence-corrected chi connectivity index (χ4v) is 1.10. The van der Waals surface area contributed by atoms with Gasteiger partial charge in [0.15, 0.2) is 0 Å². The van der Waals surface area contributed by atoms with Crippen molar-refractivity contribution >= 4 is 5.57 Å². The van der Waals surface area contributed by atoms with Crippen LogP contribution in [-0.2, 0) is 6.18 Å². The van der Waals surface area contributed by atoms with E-state index in [1.807, 2.05) is 0 Å². The average Bonchev–Trinajstić information content (AvgIpc) is 2.19. The highest BCUT2D eigenvalue weighted by atomic mass is 19.4. The van der Waals surface area contributed by atoms with E-state index >= 15 is 0 Å². The van der Waals surface area contributed by atoms with Crippen LogP contribution in [0.1, 0.15) is 11.1 Å². The lowest BCUT2D eigenvalue weighted by atomic mass is 10.1. The minimum atomic E-state index is -4.37. The summed E-state index contributed by atoms with van der Waals surface area (Å²) in [6.07, 6.45) is -4.08. The van der Waals surface area contributed by atoms with Crippen LogP contribution in [-0.4, -0.2) is 6.54 Å². The molecule has 5 heteroatoms. The van der Waals surface area contributed by atoms with Gasteiger partial charge < -0.3 is 5.73 Å². The lowest BCUT2D eigenvalue weighted by Gasteiger charge is -2.08. The molecular formula is C10H9F4N. The first kappa shape index (κ1) is 11.7. The Morgan fingerprint density at radius 3 is 2.07 bits per heavy atom. The monoisotopic (exact) mass is 219 g/mol. The highest BCUT2D eigenvalue weighted by Gasteiger charge is 2.29. The molecule has 0 radical (unpaired) electrons. The second-order valence-electron chi connectivity index (χ2n) is 2.91. The predicted molar refractivity (Wildman–Crippen MR) is 49.6 cm³/mol. The summed E-state index contributed by atoms with van der Waals surface area (Å²) in [5.74, 6) is 0. The van der Waals surface area contributed by atoms with Gasteiger partial charge in [-0.3, -0.25) is 0 Å². The molecule has 1 aromatic carbocycles. The molecule has 0 bridgehead atoms.